The number of oxazole rings is 1. The smallest absolute Gasteiger partial charge is 0.227 e. The van der Waals surface area contributed by atoms with Gasteiger partial charge in [-0.05, 0) is 38.5 Å². The number of hydrogen-bond donors (Lipinski definition) is 2. The summed E-state index contributed by atoms with van der Waals surface area (Å²) in [6.45, 7) is 5.26. The normalized spacial score (nSPS) is 12.0. The zero-order valence-electron chi connectivity index (χ0n) is 12.6. The van der Waals surface area contributed by atoms with Gasteiger partial charge in [-0.3, -0.25) is 0 Å². The van der Waals surface area contributed by atoms with Gasteiger partial charge < -0.3 is 15.3 Å². The molecule has 2 aromatic carbocycles. The maximum atomic E-state index is 10.3. The average Bonchev–Trinajstić information content (AvgIpc) is 2.81. The molecule has 0 fully saturated rings. The molecule has 114 valence electrons. The van der Waals surface area contributed by atoms with Crippen LogP contribution in [0.3, 0.4) is 0 Å². The predicted molar refractivity (Wildman–Crippen MR) is 88.8 cm³/mol. The topological polar surface area (TPSA) is 72.3 Å². The molecule has 0 saturated heterocycles. The molecule has 4 nitrogen and oxygen atoms in total. The number of fused-ring (bicyclic) bond motifs is 1. The van der Waals surface area contributed by atoms with E-state index in [4.69, 9.17) is 21.8 Å². The van der Waals surface area contributed by atoms with E-state index in [0.717, 1.165) is 11.1 Å². The zero-order valence-corrected chi connectivity index (χ0v) is 13.4. The fourth-order valence-corrected chi connectivity index (χ4v) is 3.07. The second-order valence-electron chi connectivity index (χ2n) is 5.90. The number of halogens is 1. The Bertz CT molecular complexity index is 863. The molecule has 0 saturated carbocycles. The van der Waals surface area contributed by atoms with Crippen LogP contribution in [0.15, 0.2) is 34.7 Å². The number of nitrogen functional groups attached to an aromatic ring is 1. The van der Waals surface area contributed by atoms with Gasteiger partial charge in [0.15, 0.2) is 5.58 Å². The third-order valence-corrected chi connectivity index (χ3v) is 4.00. The predicted octanol–water partition coefficient (Wildman–Crippen LogP) is 4.27. The van der Waals surface area contributed by atoms with Gasteiger partial charge in [0.25, 0.3) is 0 Å². The molecule has 0 bridgehead atoms. The molecule has 0 aliphatic carbocycles. The van der Waals surface area contributed by atoms with Gasteiger partial charge in [0.2, 0.25) is 5.89 Å². The van der Waals surface area contributed by atoms with Gasteiger partial charge in [0.1, 0.15) is 5.52 Å². The number of benzene rings is 2. The van der Waals surface area contributed by atoms with Crippen LogP contribution in [0.5, 0.6) is 0 Å². The second-order valence-corrected chi connectivity index (χ2v) is 6.27. The highest BCUT2D eigenvalue weighted by molar-refractivity contribution is 6.36. The Kier molecular flexibility index (Phi) is 3.38. The van der Waals surface area contributed by atoms with Gasteiger partial charge in [-0.1, -0.05) is 29.8 Å². The molecular formula is C17H17ClN2O2. The highest BCUT2D eigenvalue weighted by Gasteiger charge is 2.26. The van der Waals surface area contributed by atoms with E-state index < -0.39 is 5.60 Å². The molecule has 0 spiro atoms. The van der Waals surface area contributed by atoms with E-state index in [-0.39, 0.29) is 0 Å². The van der Waals surface area contributed by atoms with Crippen molar-refractivity contribution in [2.45, 2.75) is 26.4 Å². The summed E-state index contributed by atoms with van der Waals surface area (Å²) in [5.41, 5.74) is 8.69. The molecule has 0 aliphatic heterocycles. The van der Waals surface area contributed by atoms with Crippen LogP contribution in [0.25, 0.3) is 22.6 Å². The number of aliphatic hydroxyl groups is 1. The van der Waals surface area contributed by atoms with Crippen molar-refractivity contribution in [1.29, 1.82) is 0 Å². The summed E-state index contributed by atoms with van der Waals surface area (Å²) >= 11 is 6.40. The molecular weight excluding hydrogens is 300 g/mol. The van der Waals surface area contributed by atoms with Gasteiger partial charge in [0, 0.05) is 16.8 Å². The lowest BCUT2D eigenvalue weighted by molar-refractivity contribution is 0.0795. The highest BCUT2D eigenvalue weighted by atomic mass is 35.5. The van der Waals surface area contributed by atoms with Crippen LogP contribution in [0, 0.1) is 6.92 Å². The van der Waals surface area contributed by atoms with E-state index >= 15 is 0 Å². The molecule has 3 N–H and O–H groups in total. The van der Waals surface area contributed by atoms with Gasteiger partial charge in [-0.2, -0.15) is 0 Å². The molecule has 0 aliphatic rings. The summed E-state index contributed by atoms with van der Waals surface area (Å²) < 4.78 is 5.85. The zero-order chi connectivity index (χ0) is 16.1. The quantitative estimate of drug-likeness (QED) is 0.693. The van der Waals surface area contributed by atoms with Crippen molar-refractivity contribution >= 4 is 28.4 Å². The average molecular weight is 317 g/mol. The van der Waals surface area contributed by atoms with Crippen LogP contribution in [-0.2, 0) is 5.60 Å². The van der Waals surface area contributed by atoms with Crippen molar-refractivity contribution in [3.8, 4) is 11.5 Å². The minimum Gasteiger partial charge on any atom is -0.434 e. The Balaban J connectivity index is 2.28. The van der Waals surface area contributed by atoms with Crippen molar-refractivity contribution < 1.29 is 9.52 Å². The lowest BCUT2D eigenvalue weighted by atomic mass is 9.96. The van der Waals surface area contributed by atoms with Crippen molar-refractivity contribution in [2.75, 3.05) is 5.73 Å². The molecule has 5 heteroatoms. The fourth-order valence-electron chi connectivity index (χ4n) is 2.60. The molecule has 0 radical (unpaired) electrons. The third-order valence-electron chi connectivity index (χ3n) is 3.64. The molecule has 1 heterocycles. The molecule has 22 heavy (non-hydrogen) atoms. The number of nitrogens with zero attached hydrogens (tertiary/aromatic N) is 1. The van der Waals surface area contributed by atoms with E-state index in [1.807, 2.05) is 31.2 Å². The Morgan fingerprint density at radius 1 is 1.27 bits per heavy atom. The van der Waals surface area contributed by atoms with Gasteiger partial charge in [-0.15, -0.1) is 0 Å². The summed E-state index contributed by atoms with van der Waals surface area (Å²) in [6, 6.07) is 9.49. The SMILES string of the molecule is Cc1ccccc1-c1nc2cc(N)c(C(C)(C)O)c(Cl)c2o1. The first-order valence-corrected chi connectivity index (χ1v) is 7.34. The van der Waals surface area contributed by atoms with Crippen LogP contribution >= 0.6 is 11.6 Å². The number of rotatable bonds is 2. The Morgan fingerprint density at radius 2 is 1.95 bits per heavy atom. The van der Waals surface area contributed by atoms with Crippen molar-refractivity contribution in [2.24, 2.45) is 0 Å². The number of aromatic nitrogens is 1. The Hall–Kier alpha value is -2.04. The van der Waals surface area contributed by atoms with E-state index in [1.54, 1.807) is 19.9 Å². The Morgan fingerprint density at radius 3 is 2.59 bits per heavy atom. The number of anilines is 1. The molecule has 0 unspecified atom stereocenters. The summed E-state index contributed by atoms with van der Waals surface area (Å²) in [5, 5.41) is 10.6. The largest absolute Gasteiger partial charge is 0.434 e. The first-order valence-electron chi connectivity index (χ1n) is 6.96. The molecule has 1 aromatic heterocycles. The van der Waals surface area contributed by atoms with E-state index in [1.165, 1.54) is 0 Å². The van der Waals surface area contributed by atoms with Crippen LogP contribution in [0.1, 0.15) is 25.0 Å². The van der Waals surface area contributed by atoms with Gasteiger partial charge in [0.05, 0.1) is 10.6 Å². The van der Waals surface area contributed by atoms with Crippen LogP contribution in [0.4, 0.5) is 5.69 Å². The maximum Gasteiger partial charge on any atom is 0.227 e. The van der Waals surface area contributed by atoms with Gasteiger partial charge >= 0.3 is 0 Å². The summed E-state index contributed by atoms with van der Waals surface area (Å²) in [5.74, 6) is 0.488. The van der Waals surface area contributed by atoms with E-state index in [2.05, 4.69) is 4.98 Å². The third kappa shape index (κ3) is 2.34. The number of hydrogen-bond acceptors (Lipinski definition) is 4. The minimum atomic E-state index is -1.16. The summed E-state index contributed by atoms with van der Waals surface area (Å²) in [4.78, 5) is 4.48. The van der Waals surface area contributed by atoms with Gasteiger partial charge in [-0.25, -0.2) is 4.98 Å². The van der Waals surface area contributed by atoms with Crippen molar-refractivity contribution in [3.63, 3.8) is 0 Å². The highest BCUT2D eigenvalue weighted by Crippen LogP contribution is 2.40. The summed E-state index contributed by atoms with van der Waals surface area (Å²) in [7, 11) is 0. The molecule has 3 rings (SSSR count). The second kappa shape index (κ2) is 5.00. The lowest BCUT2D eigenvalue weighted by Gasteiger charge is -2.21. The van der Waals surface area contributed by atoms with Crippen molar-refractivity contribution in [1.82, 2.24) is 4.98 Å². The standard InChI is InChI=1S/C17H17ClN2O2/c1-9-6-4-5-7-10(9)16-20-12-8-11(19)13(17(2,3)21)14(18)15(12)22-16/h4-8,21H,19H2,1-3H3. The fraction of sp³-hybridized carbons (Fsp3) is 0.235. The van der Waals surface area contributed by atoms with E-state index in [0.29, 0.717) is 33.3 Å². The minimum absolute atomic E-state index is 0.301. The molecule has 0 amide bonds. The van der Waals surface area contributed by atoms with Crippen LogP contribution < -0.4 is 5.73 Å². The molecule has 3 aromatic rings. The summed E-state index contributed by atoms with van der Waals surface area (Å²) in [6.07, 6.45) is 0. The number of aryl methyl sites for hydroxylation is 1. The maximum absolute atomic E-state index is 10.3. The van der Waals surface area contributed by atoms with Crippen LogP contribution in [-0.4, -0.2) is 10.1 Å². The first kappa shape index (κ1) is 14.9. The Labute approximate surface area is 133 Å². The number of nitrogens with two attached hydrogens (primary N) is 1. The lowest BCUT2D eigenvalue weighted by Crippen LogP contribution is -2.18. The first-order chi connectivity index (χ1) is 10.3. The molecule has 0 atom stereocenters. The van der Waals surface area contributed by atoms with E-state index in [9.17, 15) is 5.11 Å². The monoisotopic (exact) mass is 316 g/mol. The van der Waals surface area contributed by atoms with Crippen LogP contribution in [0.2, 0.25) is 5.02 Å². The van der Waals surface area contributed by atoms with Crippen molar-refractivity contribution in [3.05, 3.63) is 46.5 Å².